The lowest BCUT2D eigenvalue weighted by Crippen LogP contribution is -2.49. The normalized spacial score (nSPS) is 18.3. The van der Waals surface area contributed by atoms with Gasteiger partial charge in [-0.25, -0.2) is 27.7 Å². The number of β-amino-alcohol motifs (C(OH)–C–C–N with tert-alkyl or cyclic N) is 1. The molecule has 228 valence electrons. The molecule has 2 aromatic heterocycles. The number of aliphatic hydroxyl groups excluding tert-OH is 1. The van der Waals surface area contributed by atoms with Crippen LogP contribution in [0.5, 0.6) is 0 Å². The van der Waals surface area contributed by atoms with Gasteiger partial charge >= 0.3 is 12.4 Å². The monoisotopic (exact) mass is 619 g/mol. The quantitative estimate of drug-likeness (QED) is 0.387. The summed E-state index contributed by atoms with van der Waals surface area (Å²) in [5, 5.41) is 12.4. The zero-order valence-corrected chi connectivity index (χ0v) is 23.0. The maximum atomic E-state index is 14.0. The SMILES string of the molecule is CS(=O)(=O)N1CCC(Nc2ncc(C(F)(F)F)c(-c3cn(-c4ccc(CN5CC(O)C5)cc4C(F)(F)F)cn3)n2)CC1. The first-order valence-electron chi connectivity index (χ1n) is 12.9. The lowest BCUT2D eigenvalue weighted by molar-refractivity contribution is -0.138. The summed E-state index contributed by atoms with van der Waals surface area (Å²) in [6.07, 6.45) is -5.70. The molecule has 0 unspecified atom stereocenters. The highest BCUT2D eigenvalue weighted by molar-refractivity contribution is 7.88. The number of halogens is 6. The number of anilines is 1. The van der Waals surface area contributed by atoms with Gasteiger partial charge in [-0.15, -0.1) is 0 Å². The smallest absolute Gasteiger partial charge is 0.390 e. The van der Waals surface area contributed by atoms with Crippen molar-refractivity contribution in [2.45, 2.75) is 43.9 Å². The van der Waals surface area contributed by atoms with Crippen molar-refractivity contribution in [3.63, 3.8) is 0 Å². The number of sulfonamides is 1. The van der Waals surface area contributed by atoms with Crippen molar-refractivity contribution < 1.29 is 39.9 Å². The molecule has 2 aliphatic rings. The van der Waals surface area contributed by atoms with Crippen LogP contribution in [-0.4, -0.2) is 86.8 Å². The average molecular weight is 620 g/mol. The van der Waals surface area contributed by atoms with Crippen LogP contribution in [0.4, 0.5) is 32.3 Å². The van der Waals surface area contributed by atoms with Gasteiger partial charge in [-0.2, -0.15) is 26.3 Å². The van der Waals surface area contributed by atoms with Crippen molar-refractivity contribution in [3.8, 4) is 17.1 Å². The van der Waals surface area contributed by atoms with Crippen molar-refractivity contribution >= 4 is 16.0 Å². The molecule has 0 bridgehead atoms. The molecule has 0 saturated carbocycles. The number of nitrogens with one attached hydrogen (secondary N) is 1. The summed E-state index contributed by atoms with van der Waals surface area (Å²) in [6.45, 7) is 1.34. The fourth-order valence-electron chi connectivity index (χ4n) is 5.01. The summed E-state index contributed by atoms with van der Waals surface area (Å²) in [7, 11) is -3.37. The van der Waals surface area contributed by atoms with E-state index >= 15 is 0 Å². The molecular formula is C25H27F6N7O3S. The van der Waals surface area contributed by atoms with E-state index < -0.39 is 45.3 Å². The van der Waals surface area contributed by atoms with Crippen molar-refractivity contribution in [1.82, 2.24) is 28.7 Å². The number of hydrogen-bond acceptors (Lipinski definition) is 8. The highest BCUT2D eigenvalue weighted by Gasteiger charge is 2.38. The van der Waals surface area contributed by atoms with Crippen molar-refractivity contribution in [3.05, 3.63) is 53.6 Å². The first kappa shape index (κ1) is 30.2. The molecule has 17 heteroatoms. The minimum atomic E-state index is -4.87. The van der Waals surface area contributed by atoms with Crippen molar-refractivity contribution in [2.75, 3.05) is 37.8 Å². The molecule has 2 saturated heterocycles. The zero-order chi connectivity index (χ0) is 30.4. The first-order valence-corrected chi connectivity index (χ1v) is 14.7. The Bertz CT molecular complexity index is 1550. The lowest BCUT2D eigenvalue weighted by Gasteiger charge is -2.35. The van der Waals surface area contributed by atoms with Gasteiger partial charge < -0.3 is 15.0 Å². The molecule has 0 aliphatic carbocycles. The fourth-order valence-corrected chi connectivity index (χ4v) is 5.88. The fraction of sp³-hybridized carbons (Fsp3) is 0.480. The number of aromatic nitrogens is 4. The predicted octanol–water partition coefficient (Wildman–Crippen LogP) is 3.38. The van der Waals surface area contributed by atoms with Gasteiger partial charge in [-0.3, -0.25) is 4.90 Å². The van der Waals surface area contributed by atoms with Gasteiger partial charge in [0.05, 0.1) is 29.9 Å². The maximum absolute atomic E-state index is 14.0. The molecule has 2 N–H and O–H groups in total. The number of benzene rings is 1. The van der Waals surface area contributed by atoms with Crippen LogP contribution in [0.1, 0.15) is 29.5 Å². The van der Waals surface area contributed by atoms with Gasteiger partial charge in [-0.05, 0) is 30.5 Å². The van der Waals surface area contributed by atoms with Crippen LogP contribution in [0.2, 0.25) is 0 Å². The Balaban J connectivity index is 1.43. The molecule has 2 aliphatic heterocycles. The second kappa shape index (κ2) is 11.1. The number of piperidine rings is 1. The van der Waals surface area contributed by atoms with Gasteiger partial charge in [0.25, 0.3) is 0 Å². The Morgan fingerprint density at radius 2 is 1.69 bits per heavy atom. The van der Waals surface area contributed by atoms with E-state index in [1.807, 2.05) is 0 Å². The van der Waals surface area contributed by atoms with Crippen LogP contribution in [0.25, 0.3) is 17.1 Å². The molecule has 3 aromatic rings. The minimum Gasteiger partial charge on any atom is -0.390 e. The summed E-state index contributed by atoms with van der Waals surface area (Å²) in [5.41, 5.74) is -3.10. The topological polar surface area (TPSA) is 116 Å². The van der Waals surface area contributed by atoms with Crippen LogP contribution in [-0.2, 0) is 28.9 Å². The van der Waals surface area contributed by atoms with Crippen LogP contribution >= 0.6 is 0 Å². The van der Waals surface area contributed by atoms with E-state index in [4.69, 9.17) is 0 Å². The van der Waals surface area contributed by atoms with E-state index in [0.717, 1.165) is 29.4 Å². The Morgan fingerprint density at radius 3 is 2.29 bits per heavy atom. The van der Waals surface area contributed by atoms with Gasteiger partial charge in [-0.1, -0.05) is 6.07 Å². The molecule has 0 atom stereocenters. The molecule has 42 heavy (non-hydrogen) atoms. The van der Waals surface area contributed by atoms with Crippen molar-refractivity contribution in [2.24, 2.45) is 0 Å². The third kappa shape index (κ3) is 6.68. The van der Waals surface area contributed by atoms with E-state index in [1.54, 1.807) is 4.90 Å². The molecule has 10 nitrogen and oxygen atoms in total. The van der Waals surface area contributed by atoms with Crippen LogP contribution in [0.3, 0.4) is 0 Å². The number of likely N-dealkylation sites (tertiary alicyclic amines) is 1. The molecule has 0 amide bonds. The Kier molecular flexibility index (Phi) is 7.97. The minimum absolute atomic E-state index is 0.151. The summed E-state index contributed by atoms with van der Waals surface area (Å²) >= 11 is 0. The van der Waals surface area contributed by atoms with E-state index in [1.165, 1.54) is 16.4 Å². The zero-order valence-electron chi connectivity index (χ0n) is 22.2. The number of imidazole rings is 1. The van der Waals surface area contributed by atoms with E-state index in [2.05, 4.69) is 20.3 Å². The summed E-state index contributed by atoms with van der Waals surface area (Å²) < 4.78 is 109. The third-order valence-electron chi connectivity index (χ3n) is 7.16. The molecule has 0 spiro atoms. The van der Waals surface area contributed by atoms with Gasteiger partial charge in [0.1, 0.15) is 17.0 Å². The molecule has 5 rings (SSSR count). The van der Waals surface area contributed by atoms with Crippen LogP contribution in [0.15, 0.2) is 36.9 Å². The molecular weight excluding hydrogens is 592 g/mol. The lowest BCUT2D eigenvalue weighted by atomic mass is 10.0. The summed E-state index contributed by atoms with van der Waals surface area (Å²) in [5.74, 6) is -0.151. The number of nitrogens with zero attached hydrogens (tertiary/aromatic N) is 6. The molecule has 2 fully saturated rings. The van der Waals surface area contributed by atoms with E-state index in [0.29, 0.717) is 37.7 Å². The highest BCUT2D eigenvalue weighted by atomic mass is 32.2. The Labute approximate surface area is 237 Å². The Hall–Kier alpha value is -3.28. The number of aliphatic hydroxyl groups is 1. The summed E-state index contributed by atoms with van der Waals surface area (Å²) in [4.78, 5) is 13.5. The predicted molar refractivity (Wildman–Crippen MR) is 139 cm³/mol. The first-order chi connectivity index (χ1) is 19.6. The second-order valence-electron chi connectivity index (χ2n) is 10.4. The second-order valence-corrected chi connectivity index (χ2v) is 12.4. The van der Waals surface area contributed by atoms with Gasteiger partial charge in [0.15, 0.2) is 0 Å². The molecule has 0 radical (unpaired) electrons. The van der Waals surface area contributed by atoms with Gasteiger partial charge in [0, 0.05) is 51.2 Å². The summed E-state index contributed by atoms with van der Waals surface area (Å²) in [6, 6.07) is 3.37. The maximum Gasteiger partial charge on any atom is 0.420 e. The number of rotatable bonds is 7. The number of hydrogen-bond donors (Lipinski definition) is 2. The van der Waals surface area contributed by atoms with Crippen molar-refractivity contribution in [1.29, 1.82) is 0 Å². The molecule has 4 heterocycles. The Morgan fingerprint density at radius 1 is 1.02 bits per heavy atom. The molecule has 1 aromatic carbocycles. The number of alkyl halides is 6. The third-order valence-corrected chi connectivity index (χ3v) is 8.47. The largest absolute Gasteiger partial charge is 0.420 e. The average Bonchev–Trinajstić information content (AvgIpc) is 3.36. The standard InChI is InChI=1S/C25H27F6N7O3S/c1-42(40,41)38-6-4-16(5-7-38)34-23-32-9-19(25(29,30)31)22(35-23)20-13-37(14-33-20)21-3-2-15(8-18(21)24(26,27)28)10-36-11-17(39)12-36/h2-3,8-9,13-14,16-17,39H,4-7,10-12H2,1H3,(H,32,34,35). The highest BCUT2D eigenvalue weighted by Crippen LogP contribution is 2.38. The van der Waals surface area contributed by atoms with E-state index in [9.17, 15) is 39.9 Å². The van der Waals surface area contributed by atoms with E-state index in [-0.39, 0.29) is 43.0 Å². The van der Waals surface area contributed by atoms with Gasteiger partial charge in [0.2, 0.25) is 16.0 Å². The van der Waals surface area contributed by atoms with Crippen LogP contribution in [0, 0.1) is 0 Å². The van der Waals surface area contributed by atoms with Crippen LogP contribution < -0.4 is 5.32 Å².